The Bertz CT molecular complexity index is 265. The molecule has 2 aliphatic rings. The van der Waals surface area contributed by atoms with E-state index in [4.69, 9.17) is 0 Å². The zero-order chi connectivity index (χ0) is 10.9. The van der Waals surface area contributed by atoms with Gasteiger partial charge in [0.2, 0.25) is 0 Å². The van der Waals surface area contributed by atoms with Gasteiger partial charge in [0.25, 0.3) is 0 Å². The van der Waals surface area contributed by atoms with Gasteiger partial charge in [-0.05, 0) is 52.2 Å². The molecule has 84 valence electrons. The second-order valence-corrected chi connectivity index (χ2v) is 5.20. The van der Waals surface area contributed by atoms with Crippen LogP contribution in [-0.2, 0) is 0 Å². The summed E-state index contributed by atoms with van der Waals surface area (Å²) in [6, 6.07) is 2.94. The van der Waals surface area contributed by atoms with Crippen molar-refractivity contribution in [1.82, 2.24) is 10.2 Å². The van der Waals surface area contributed by atoms with Crippen LogP contribution in [0.4, 0.5) is 0 Å². The highest BCUT2D eigenvalue weighted by Crippen LogP contribution is 2.50. The lowest BCUT2D eigenvalue weighted by molar-refractivity contribution is 0.154. The van der Waals surface area contributed by atoms with Gasteiger partial charge in [-0.1, -0.05) is 0 Å². The minimum atomic E-state index is -0.0302. The second kappa shape index (κ2) is 4.11. The van der Waals surface area contributed by atoms with Gasteiger partial charge >= 0.3 is 0 Å². The number of nitrogens with one attached hydrogen (secondary N) is 1. The van der Waals surface area contributed by atoms with Gasteiger partial charge in [-0.3, -0.25) is 0 Å². The van der Waals surface area contributed by atoms with Gasteiger partial charge in [-0.15, -0.1) is 0 Å². The zero-order valence-electron chi connectivity index (χ0n) is 9.79. The van der Waals surface area contributed by atoms with Crippen molar-refractivity contribution < 1.29 is 0 Å². The average molecular weight is 207 g/mol. The van der Waals surface area contributed by atoms with Crippen LogP contribution < -0.4 is 5.32 Å². The van der Waals surface area contributed by atoms with Gasteiger partial charge in [0.1, 0.15) is 0 Å². The summed E-state index contributed by atoms with van der Waals surface area (Å²) in [5.41, 5.74) is -0.0302. The van der Waals surface area contributed by atoms with Gasteiger partial charge in [-0.2, -0.15) is 5.26 Å². The molecule has 2 fully saturated rings. The highest BCUT2D eigenvalue weighted by molar-refractivity contribution is 5.17. The molecule has 15 heavy (non-hydrogen) atoms. The minimum Gasteiger partial charge on any atom is -0.315 e. The van der Waals surface area contributed by atoms with Crippen LogP contribution in [0.15, 0.2) is 0 Å². The fourth-order valence-electron chi connectivity index (χ4n) is 3.07. The summed E-state index contributed by atoms with van der Waals surface area (Å²) in [6.07, 6.45) is 4.74. The Labute approximate surface area is 92.4 Å². The van der Waals surface area contributed by atoms with E-state index in [-0.39, 0.29) is 5.41 Å². The van der Waals surface area contributed by atoms with E-state index in [9.17, 15) is 5.26 Å². The molecule has 3 nitrogen and oxygen atoms in total. The summed E-state index contributed by atoms with van der Waals surface area (Å²) in [5, 5.41) is 12.6. The number of hydrogen-bond donors (Lipinski definition) is 1. The molecule has 1 N–H and O–H groups in total. The number of rotatable bonds is 3. The van der Waals surface area contributed by atoms with Crippen molar-refractivity contribution in [3.8, 4) is 6.07 Å². The Hall–Kier alpha value is -0.590. The maximum atomic E-state index is 9.25. The quantitative estimate of drug-likeness (QED) is 0.756. The number of piperidine rings is 1. The normalized spacial score (nSPS) is 31.9. The fourth-order valence-corrected chi connectivity index (χ4v) is 3.07. The van der Waals surface area contributed by atoms with Crippen molar-refractivity contribution in [1.29, 1.82) is 5.26 Å². The third-order valence-corrected chi connectivity index (χ3v) is 4.05. The van der Waals surface area contributed by atoms with E-state index in [1.54, 1.807) is 0 Å². The van der Waals surface area contributed by atoms with E-state index in [0.29, 0.717) is 12.0 Å². The molecule has 0 radical (unpaired) electrons. The summed E-state index contributed by atoms with van der Waals surface area (Å²) in [6.45, 7) is 2.36. The van der Waals surface area contributed by atoms with E-state index < -0.39 is 0 Å². The fraction of sp³-hybridized carbons (Fsp3) is 0.917. The molecule has 2 unspecified atom stereocenters. The predicted octanol–water partition coefficient (Wildman–Crippen LogP) is 1.22. The molecule has 1 aliphatic heterocycles. The third-order valence-electron chi connectivity index (χ3n) is 4.05. The summed E-state index contributed by atoms with van der Waals surface area (Å²) >= 11 is 0. The Kier molecular flexibility index (Phi) is 2.99. The van der Waals surface area contributed by atoms with Gasteiger partial charge in [0.15, 0.2) is 0 Å². The van der Waals surface area contributed by atoms with E-state index in [2.05, 4.69) is 23.3 Å². The van der Waals surface area contributed by atoms with Crippen LogP contribution in [-0.4, -0.2) is 38.1 Å². The Morgan fingerprint density at radius 3 is 2.73 bits per heavy atom. The van der Waals surface area contributed by atoms with Gasteiger partial charge in [-0.25, -0.2) is 0 Å². The van der Waals surface area contributed by atoms with E-state index in [1.807, 2.05) is 7.05 Å². The first-order valence-corrected chi connectivity index (χ1v) is 5.99. The van der Waals surface area contributed by atoms with Crippen molar-refractivity contribution in [3.05, 3.63) is 0 Å². The molecule has 1 aliphatic carbocycles. The average Bonchev–Trinajstić information content (AvgIpc) is 3.00. The van der Waals surface area contributed by atoms with Crippen LogP contribution in [0.3, 0.4) is 0 Å². The maximum Gasteiger partial charge on any atom is 0.0731 e. The minimum absolute atomic E-state index is 0.0302. The SMILES string of the molecule is CNC(C1CCCN(C)C1)C1(C#N)CC1. The Morgan fingerprint density at radius 2 is 2.27 bits per heavy atom. The molecule has 1 heterocycles. The lowest BCUT2D eigenvalue weighted by Gasteiger charge is -2.37. The van der Waals surface area contributed by atoms with E-state index in [0.717, 1.165) is 19.4 Å². The van der Waals surface area contributed by atoms with Gasteiger partial charge in [0.05, 0.1) is 11.5 Å². The van der Waals surface area contributed by atoms with Crippen molar-refractivity contribution in [2.45, 2.75) is 31.7 Å². The van der Waals surface area contributed by atoms with Crippen molar-refractivity contribution in [2.24, 2.45) is 11.3 Å². The molecule has 0 aromatic carbocycles. The van der Waals surface area contributed by atoms with Crippen LogP contribution in [0.2, 0.25) is 0 Å². The number of nitrogens with zero attached hydrogens (tertiary/aromatic N) is 2. The maximum absolute atomic E-state index is 9.25. The van der Waals surface area contributed by atoms with E-state index in [1.165, 1.54) is 19.4 Å². The number of nitriles is 1. The molecule has 0 amide bonds. The summed E-state index contributed by atoms with van der Waals surface area (Å²) < 4.78 is 0. The monoisotopic (exact) mass is 207 g/mol. The van der Waals surface area contributed by atoms with Crippen LogP contribution in [0.5, 0.6) is 0 Å². The molecule has 0 aromatic heterocycles. The molecule has 1 saturated carbocycles. The highest BCUT2D eigenvalue weighted by atomic mass is 15.1. The molecule has 2 atom stereocenters. The van der Waals surface area contributed by atoms with Gasteiger partial charge in [0, 0.05) is 12.6 Å². The molecule has 2 rings (SSSR count). The molecule has 0 bridgehead atoms. The standard InChI is InChI=1S/C12H21N3/c1-14-11(12(9-13)5-6-12)10-4-3-7-15(2)8-10/h10-11,14H,3-8H2,1-2H3. The smallest absolute Gasteiger partial charge is 0.0731 e. The van der Waals surface area contributed by atoms with E-state index >= 15 is 0 Å². The third kappa shape index (κ3) is 2.02. The molecular formula is C12H21N3. The molecule has 3 heteroatoms. The number of hydrogen-bond acceptors (Lipinski definition) is 3. The van der Waals surface area contributed by atoms with Gasteiger partial charge < -0.3 is 10.2 Å². The first-order valence-electron chi connectivity index (χ1n) is 5.99. The van der Waals surface area contributed by atoms with Crippen molar-refractivity contribution >= 4 is 0 Å². The van der Waals surface area contributed by atoms with Crippen molar-refractivity contribution in [2.75, 3.05) is 27.2 Å². The van der Waals surface area contributed by atoms with Crippen LogP contribution in [0.25, 0.3) is 0 Å². The molecule has 0 spiro atoms. The van der Waals surface area contributed by atoms with Crippen LogP contribution in [0.1, 0.15) is 25.7 Å². The van der Waals surface area contributed by atoms with Crippen LogP contribution in [0, 0.1) is 22.7 Å². The lowest BCUT2D eigenvalue weighted by atomic mass is 9.82. The topological polar surface area (TPSA) is 39.1 Å². The molecular weight excluding hydrogens is 186 g/mol. The van der Waals surface area contributed by atoms with Crippen molar-refractivity contribution in [3.63, 3.8) is 0 Å². The molecule has 0 aromatic rings. The second-order valence-electron chi connectivity index (χ2n) is 5.20. The summed E-state index contributed by atoms with van der Waals surface area (Å²) in [5.74, 6) is 0.663. The number of likely N-dealkylation sites (tertiary alicyclic amines) is 1. The molecule has 1 saturated heterocycles. The Balaban J connectivity index is 2.03. The van der Waals surface area contributed by atoms with Crippen LogP contribution >= 0.6 is 0 Å². The highest BCUT2D eigenvalue weighted by Gasteiger charge is 2.52. The first kappa shape index (κ1) is 10.9. The lowest BCUT2D eigenvalue weighted by Crippen LogP contribution is -2.47. The Morgan fingerprint density at radius 1 is 1.53 bits per heavy atom. The summed E-state index contributed by atoms with van der Waals surface area (Å²) in [7, 11) is 4.20. The zero-order valence-corrected chi connectivity index (χ0v) is 9.79. The predicted molar refractivity (Wildman–Crippen MR) is 60.3 cm³/mol. The first-order chi connectivity index (χ1) is 7.22. The largest absolute Gasteiger partial charge is 0.315 e. The summed E-state index contributed by atoms with van der Waals surface area (Å²) in [4.78, 5) is 2.39.